The monoisotopic (exact) mass is 298 g/mol. The summed E-state index contributed by atoms with van der Waals surface area (Å²) in [4.78, 5) is 16.1. The molecule has 1 heterocycles. The fraction of sp³-hybridized carbons (Fsp3) is 0.167. The summed E-state index contributed by atoms with van der Waals surface area (Å²) in [5.74, 6) is -2.74. The predicted molar refractivity (Wildman–Crippen MR) is 75.0 cm³/mol. The van der Waals surface area contributed by atoms with E-state index in [4.69, 9.17) is 5.73 Å². The lowest BCUT2D eigenvalue weighted by atomic mass is 10.3. The van der Waals surface area contributed by atoms with Gasteiger partial charge in [0.05, 0.1) is 5.69 Å². The fourth-order valence-electron chi connectivity index (χ4n) is 1.50. The van der Waals surface area contributed by atoms with E-state index in [1.54, 1.807) is 0 Å². The highest BCUT2D eigenvalue weighted by Gasteiger charge is 2.18. The quantitative estimate of drug-likeness (QED) is 0.810. The molecule has 0 aliphatic heterocycles. The minimum Gasteiger partial charge on any atom is -0.382 e. The molecule has 0 saturated heterocycles. The Labute approximate surface area is 117 Å². The van der Waals surface area contributed by atoms with Crippen LogP contribution in [-0.2, 0) is 0 Å². The van der Waals surface area contributed by atoms with Crippen LogP contribution in [0.5, 0.6) is 0 Å². The zero-order chi connectivity index (χ0) is 14.7. The van der Waals surface area contributed by atoms with E-state index in [1.807, 2.05) is 6.92 Å². The van der Waals surface area contributed by atoms with Gasteiger partial charge in [-0.15, -0.1) is 0 Å². The van der Waals surface area contributed by atoms with Crippen LogP contribution in [-0.4, -0.2) is 17.4 Å². The fourth-order valence-corrected chi connectivity index (χ4v) is 2.35. The van der Waals surface area contributed by atoms with Crippen LogP contribution in [0.25, 0.3) is 0 Å². The first-order valence-electron chi connectivity index (χ1n) is 5.78. The van der Waals surface area contributed by atoms with Gasteiger partial charge < -0.3 is 16.4 Å². The summed E-state index contributed by atoms with van der Waals surface area (Å²) in [6, 6.07) is 3.53. The number of benzene rings is 1. The molecule has 1 amide bonds. The van der Waals surface area contributed by atoms with Crippen LogP contribution in [0.3, 0.4) is 0 Å². The molecule has 1 aromatic heterocycles. The van der Waals surface area contributed by atoms with Gasteiger partial charge in [0.1, 0.15) is 10.7 Å². The number of rotatable bonds is 4. The van der Waals surface area contributed by atoms with Gasteiger partial charge >= 0.3 is 0 Å². The summed E-state index contributed by atoms with van der Waals surface area (Å²) in [5, 5.41) is 5.69. The second-order valence-corrected chi connectivity index (χ2v) is 4.82. The number of aromatic nitrogens is 1. The van der Waals surface area contributed by atoms with Gasteiger partial charge in [0.25, 0.3) is 5.91 Å². The standard InChI is InChI=1S/C12H12F2N4OS/c1-2-16-12-18-10(15)9(20-12)11(19)17-7-5-3-4-6(13)8(7)14/h3-5H,2,15H2,1H3,(H,16,18)(H,17,19). The SMILES string of the molecule is CCNc1nc(N)c(C(=O)Nc2cccc(F)c2F)s1. The van der Waals surface area contributed by atoms with Crippen LogP contribution in [0, 0.1) is 11.6 Å². The van der Waals surface area contributed by atoms with E-state index in [-0.39, 0.29) is 16.4 Å². The van der Waals surface area contributed by atoms with Crippen molar-refractivity contribution >= 4 is 33.9 Å². The molecule has 0 unspecified atom stereocenters. The van der Waals surface area contributed by atoms with Crippen molar-refractivity contribution in [2.45, 2.75) is 6.92 Å². The lowest BCUT2D eigenvalue weighted by molar-refractivity contribution is 0.103. The van der Waals surface area contributed by atoms with E-state index in [2.05, 4.69) is 15.6 Å². The highest BCUT2D eigenvalue weighted by atomic mass is 32.1. The number of carbonyl (C=O) groups is 1. The third-order valence-corrected chi connectivity index (χ3v) is 3.42. The molecule has 4 N–H and O–H groups in total. The topological polar surface area (TPSA) is 80.0 Å². The molecule has 5 nitrogen and oxygen atoms in total. The Hall–Kier alpha value is -2.22. The van der Waals surface area contributed by atoms with E-state index in [0.717, 1.165) is 17.4 Å². The second-order valence-electron chi connectivity index (χ2n) is 3.82. The summed E-state index contributed by atoms with van der Waals surface area (Å²) in [5.41, 5.74) is 5.38. The molecule has 106 valence electrons. The summed E-state index contributed by atoms with van der Waals surface area (Å²) in [6.07, 6.45) is 0. The lowest BCUT2D eigenvalue weighted by Gasteiger charge is -2.05. The Kier molecular flexibility index (Phi) is 4.14. The van der Waals surface area contributed by atoms with Crippen molar-refractivity contribution < 1.29 is 13.6 Å². The Morgan fingerprint density at radius 3 is 2.90 bits per heavy atom. The minimum atomic E-state index is -1.11. The maximum Gasteiger partial charge on any atom is 0.269 e. The van der Waals surface area contributed by atoms with Crippen molar-refractivity contribution in [2.75, 3.05) is 22.9 Å². The molecule has 2 aromatic rings. The summed E-state index contributed by atoms with van der Waals surface area (Å²) < 4.78 is 26.5. The molecule has 1 aromatic carbocycles. The first-order valence-corrected chi connectivity index (χ1v) is 6.60. The Morgan fingerprint density at radius 2 is 2.20 bits per heavy atom. The highest BCUT2D eigenvalue weighted by Crippen LogP contribution is 2.26. The number of hydrogen-bond acceptors (Lipinski definition) is 5. The minimum absolute atomic E-state index is 0.0419. The normalized spacial score (nSPS) is 10.3. The number of thiazole rings is 1. The number of nitrogen functional groups attached to an aromatic ring is 1. The van der Waals surface area contributed by atoms with Crippen molar-refractivity contribution in [1.29, 1.82) is 0 Å². The van der Waals surface area contributed by atoms with Gasteiger partial charge in [-0.25, -0.2) is 13.8 Å². The summed E-state index contributed by atoms with van der Waals surface area (Å²) in [6.45, 7) is 2.51. The number of carbonyl (C=O) groups excluding carboxylic acids is 1. The van der Waals surface area contributed by atoms with Crippen LogP contribution in [0.1, 0.15) is 16.6 Å². The number of amides is 1. The van der Waals surface area contributed by atoms with Gasteiger partial charge in [-0.1, -0.05) is 17.4 Å². The maximum atomic E-state index is 13.5. The van der Waals surface area contributed by atoms with Crippen molar-refractivity contribution in [3.05, 3.63) is 34.7 Å². The average molecular weight is 298 g/mol. The molecular formula is C12H12F2N4OS. The number of halogens is 2. The van der Waals surface area contributed by atoms with E-state index < -0.39 is 17.5 Å². The zero-order valence-corrected chi connectivity index (χ0v) is 11.4. The molecule has 0 radical (unpaired) electrons. The van der Waals surface area contributed by atoms with Crippen LogP contribution in [0.4, 0.5) is 25.4 Å². The van der Waals surface area contributed by atoms with E-state index in [1.165, 1.54) is 12.1 Å². The number of nitrogens with zero attached hydrogens (tertiary/aromatic N) is 1. The molecule has 0 spiro atoms. The largest absolute Gasteiger partial charge is 0.382 e. The van der Waals surface area contributed by atoms with Crippen molar-refractivity contribution in [2.24, 2.45) is 0 Å². The van der Waals surface area contributed by atoms with Gasteiger partial charge in [-0.3, -0.25) is 4.79 Å². The third-order valence-electron chi connectivity index (χ3n) is 2.39. The Morgan fingerprint density at radius 1 is 1.45 bits per heavy atom. The molecule has 0 saturated carbocycles. The van der Waals surface area contributed by atoms with Crippen LogP contribution >= 0.6 is 11.3 Å². The third kappa shape index (κ3) is 2.85. The first kappa shape index (κ1) is 14.2. The Bertz CT molecular complexity index is 644. The summed E-state index contributed by atoms with van der Waals surface area (Å²) >= 11 is 1.05. The number of nitrogens with two attached hydrogens (primary N) is 1. The van der Waals surface area contributed by atoms with Crippen molar-refractivity contribution in [3.63, 3.8) is 0 Å². The first-order chi connectivity index (χ1) is 9.52. The molecule has 8 heteroatoms. The zero-order valence-electron chi connectivity index (χ0n) is 10.5. The van der Waals surface area contributed by atoms with Gasteiger partial charge in [0, 0.05) is 6.54 Å². The number of nitrogens with one attached hydrogen (secondary N) is 2. The Balaban J connectivity index is 2.22. The van der Waals surface area contributed by atoms with Gasteiger partial charge in [0.2, 0.25) is 0 Å². The molecule has 0 atom stereocenters. The molecule has 20 heavy (non-hydrogen) atoms. The number of anilines is 3. The average Bonchev–Trinajstić information content (AvgIpc) is 2.76. The molecule has 0 aliphatic carbocycles. The van der Waals surface area contributed by atoms with Crippen molar-refractivity contribution in [3.8, 4) is 0 Å². The molecule has 0 fully saturated rings. The van der Waals surface area contributed by atoms with Crippen LogP contribution in [0.2, 0.25) is 0 Å². The molecule has 0 bridgehead atoms. The van der Waals surface area contributed by atoms with Gasteiger partial charge in [-0.2, -0.15) is 0 Å². The van der Waals surface area contributed by atoms with Crippen LogP contribution in [0.15, 0.2) is 18.2 Å². The molecular weight excluding hydrogens is 286 g/mol. The number of hydrogen-bond donors (Lipinski definition) is 3. The maximum absolute atomic E-state index is 13.5. The summed E-state index contributed by atoms with van der Waals surface area (Å²) in [7, 11) is 0. The molecule has 2 rings (SSSR count). The van der Waals surface area contributed by atoms with Gasteiger partial charge in [-0.05, 0) is 19.1 Å². The second kappa shape index (κ2) is 5.83. The van der Waals surface area contributed by atoms with Crippen LogP contribution < -0.4 is 16.4 Å². The van der Waals surface area contributed by atoms with Gasteiger partial charge in [0.15, 0.2) is 16.8 Å². The lowest BCUT2D eigenvalue weighted by Crippen LogP contribution is -2.13. The highest BCUT2D eigenvalue weighted by molar-refractivity contribution is 7.18. The smallest absolute Gasteiger partial charge is 0.269 e. The molecule has 0 aliphatic rings. The van der Waals surface area contributed by atoms with E-state index >= 15 is 0 Å². The van der Waals surface area contributed by atoms with E-state index in [0.29, 0.717) is 11.7 Å². The van der Waals surface area contributed by atoms with Crippen molar-refractivity contribution in [1.82, 2.24) is 4.98 Å². The van der Waals surface area contributed by atoms with E-state index in [9.17, 15) is 13.6 Å². The predicted octanol–water partition coefficient (Wildman–Crippen LogP) is 2.69.